The Hall–Kier alpha value is -1.78. The molecule has 4 heteroatoms. The van der Waals surface area contributed by atoms with Gasteiger partial charge in [-0.2, -0.15) is 0 Å². The Balaban J connectivity index is 1.43. The summed E-state index contributed by atoms with van der Waals surface area (Å²) in [4.78, 5) is 14.2. The molecular weight excluding hydrogens is 296 g/mol. The normalized spacial score (nSPS) is 18.8. The fraction of sp³-hybridized carbons (Fsp3) is 0.500. The number of nitrogens with zero attached hydrogens (tertiary/aromatic N) is 4. The maximum absolute atomic E-state index is 4.97. The molecule has 24 heavy (non-hydrogen) atoms. The van der Waals surface area contributed by atoms with Crippen LogP contribution in [0.5, 0.6) is 0 Å². The predicted octanol–water partition coefficient (Wildman–Crippen LogP) is 3.15. The molecule has 0 aromatic carbocycles. The first-order valence-electron chi connectivity index (χ1n) is 8.97. The lowest BCUT2D eigenvalue weighted by molar-refractivity contribution is 0.210. The van der Waals surface area contributed by atoms with E-state index >= 15 is 0 Å². The highest BCUT2D eigenvalue weighted by Gasteiger charge is 2.25. The van der Waals surface area contributed by atoms with Gasteiger partial charge < -0.3 is 0 Å². The van der Waals surface area contributed by atoms with Crippen LogP contribution in [0.1, 0.15) is 48.8 Å². The lowest BCUT2D eigenvalue weighted by atomic mass is 10.1. The Morgan fingerprint density at radius 2 is 1.71 bits per heavy atom. The van der Waals surface area contributed by atoms with E-state index in [-0.39, 0.29) is 0 Å². The summed E-state index contributed by atoms with van der Waals surface area (Å²) in [6.45, 7) is 10.9. The Labute approximate surface area is 144 Å². The van der Waals surface area contributed by atoms with E-state index in [1.54, 1.807) is 0 Å². The van der Waals surface area contributed by atoms with Crippen molar-refractivity contribution in [1.82, 2.24) is 19.8 Å². The van der Waals surface area contributed by atoms with Crippen molar-refractivity contribution in [3.05, 3.63) is 58.7 Å². The second-order valence-corrected chi connectivity index (χ2v) is 7.51. The van der Waals surface area contributed by atoms with Crippen LogP contribution in [0.3, 0.4) is 0 Å². The molecule has 1 unspecified atom stereocenters. The van der Waals surface area contributed by atoms with Crippen molar-refractivity contribution in [3.8, 4) is 0 Å². The van der Waals surface area contributed by atoms with E-state index in [0.29, 0.717) is 12.1 Å². The van der Waals surface area contributed by atoms with E-state index in [2.05, 4.69) is 53.8 Å². The molecule has 0 fully saturated rings. The van der Waals surface area contributed by atoms with Gasteiger partial charge in [-0.15, -0.1) is 0 Å². The first kappa shape index (κ1) is 15.7. The van der Waals surface area contributed by atoms with E-state index < -0.39 is 0 Å². The molecule has 4 rings (SSSR count). The Kier molecular flexibility index (Phi) is 4.10. The number of aromatic nitrogens is 2. The molecule has 0 N–H and O–H groups in total. The lowest BCUT2D eigenvalue weighted by Crippen LogP contribution is -2.30. The summed E-state index contributed by atoms with van der Waals surface area (Å²) in [7, 11) is 0. The van der Waals surface area contributed by atoms with Gasteiger partial charge in [0, 0.05) is 62.8 Å². The molecule has 0 bridgehead atoms. The predicted molar refractivity (Wildman–Crippen MR) is 95.3 cm³/mol. The summed E-state index contributed by atoms with van der Waals surface area (Å²) in [5.41, 5.74) is 6.70. The van der Waals surface area contributed by atoms with Crippen LogP contribution in [0, 0.1) is 0 Å². The highest BCUT2D eigenvalue weighted by Crippen LogP contribution is 2.26. The van der Waals surface area contributed by atoms with Crippen molar-refractivity contribution >= 4 is 0 Å². The lowest BCUT2D eigenvalue weighted by Gasteiger charge is -2.23. The first-order valence-corrected chi connectivity index (χ1v) is 8.97. The van der Waals surface area contributed by atoms with E-state index in [1.807, 2.05) is 12.4 Å². The summed E-state index contributed by atoms with van der Waals surface area (Å²) >= 11 is 0. The number of hydrogen-bond acceptors (Lipinski definition) is 4. The SMILES string of the molecule is CC(C)N1Cc2ccc(CC(C)N3Cc4ccncc4C3)nc2C1. The molecule has 0 saturated carbocycles. The average molecular weight is 322 g/mol. The van der Waals surface area contributed by atoms with E-state index in [0.717, 1.165) is 32.6 Å². The van der Waals surface area contributed by atoms with Crippen LogP contribution < -0.4 is 0 Å². The molecule has 4 heterocycles. The molecule has 0 saturated heterocycles. The van der Waals surface area contributed by atoms with Crippen molar-refractivity contribution in [2.24, 2.45) is 0 Å². The summed E-state index contributed by atoms with van der Waals surface area (Å²) in [5, 5.41) is 0. The van der Waals surface area contributed by atoms with Crippen LogP contribution in [0.4, 0.5) is 0 Å². The third kappa shape index (κ3) is 2.96. The van der Waals surface area contributed by atoms with Crippen LogP contribution in [-0.2, 0) is 32.6 Å². The van der Waals surface area contributed by atoms with Crippen LogP contribution >= 0.6 is 0 Å². The maximum atomic E-state index is 4.97. The smallest absolute Gasteiger partial charge is 0.0592 e. The number of fused-ring (bicyclic) bond motifs is 2. The molecule has 0 amide bonds. The molecule has 1 atom stereocenters. The molecule has 2 aromatic rings. The Bertz CT molecular complexity index is 715. The molecule has 0 aliphatic carbocycles. The van der Waals surface area contributed by atoms with Gasteiger partial charge in [0.25, 0.3) is 0 Å². The third-order valence-electron chi connectivity index (χ3n) is 5.46. The minimum Gasteiger partial charge on any atom is -0.292 e. The topological polar surface area (TPSA) is 32.3 Å². The van der Waals surface area contributed by atoms with Gasteiger partial charge in [-0.05, 0) is 49.6 Å². The van der Waals surface area contributed by atoms with Gasteiger partial charge in [-0.25, -0.2) is 0 Å². The second-order valence-electron chi connectivity index (χ2n) is 7.51. The second kappa shape index (κ2) is 6.26. The summed E-state index contributed by atoms with van der Waals surface area (Å²) in [6, 6.07) is 7.74. The third-order valence-corrected chi connectivity index (χ3v) is 5.46. The standard InChI is InChI=1S/C20H26N4/c1-14(2)23-11-17-4-5-19(22-20(17)13-23)8-15(3)24-10-16-6-7-21-9-18(16)12-24/h4-7,9,14-15H,8,10-13H2,1-3H3. The number of hydrogen-bond donors (Lipinski definition) is 0. The molecule has 2 aliphatic rings. The molecule has 2 aliphatic heterocycles. The average Bonchev–Trinajstić information content (AvgIpc) is 3.18. The first-order chi connectivity index (χ1) is 11.6. The van der Waals surface area contributed by atoms with Crippen LogP contribution in [0.2, 0.25) is 0 Å². The fourth-order valence-electron chi connectivity index (χ4n) is 3.79. The quantitative estimate of drug-likeness (QED) is 0.865. The van der Waals surface area contributed by atoms with E-state index in [1.165, 1.54) is 28.1 Å². The largest absolute Gasteiger partial charge is 0.292 e. The zero-order valence-corrected chi connectivity index (χ0v) is 14.9. The summed E-state index contributed by atoms with van der Waals surface area (Å²) in [5.74, 6) is 0. The molecular formula is C20H26N4. The van der Waals surface area contributed by atoms with Crippen LogP contribution in [0.15, 0.2) is 30.6 Å². The summed E-state index contributed by atoms with van der Waals surface area (Å²) < 4.78 is 0. The molecule has 4 nitrogen and oxygen atoms in total. The zero-order valence-electron chi connectivity index (χ0n) is 14.9. The van der Waals surface area contributed by atoms with Gasteiger partial charge in [0.15, 0.2) is 0 Å². The Morgan fingerprint density at radius 1 is 0.917 bits per heavy atom. The van der Waals surface area contributed by atoms with Crippen LogP contribution in [-0.4, -0.2) is 31.9 Å². The van der Waals surface area contributed by atoms with Crippen LogP contribution in [0.25, 0.3) is 0 Å². The highest BCUT2D eigenvalue weighted by atomic mass is 15.2. The monoisotopic (exact) mass is 322 g/mol. The van der Waals surface area contributed by atoms with Gasteiger partial charge in [0.05, 0.1) is 5.69 Å². The van der Waals surface area contributed by atoms with E-state index in [4.69, 9.17) is 4.98 Å². The molecule has 0 spiro atoms. The molecule has 0 radical (unpaired) electrons. The van der Waals surface area contributed by atoms with Crippen molar-refractivity contribution in [1.29, 1.82) is 0 Å². The fourth-order valence-corrected chi connectivity index (χ4v) is 3.79. The van der Waals surface area contributed by atoms with Gasteiger partial charge in [0.1, 0.15) is 0 Å². The van der Waals surface area contributed by atoms with Crippen molar-refractivity contribution < 1.29 is 0 Å². The van der Waals surface area contributed by atoms with Crippen molar-refractivity contribution in [2.45, 2.75) is 65.5 Å². The van der Waals surface area contributed by atoms with Crippen molar-refractivity contribution in [2.75, 3.05) is 0 Å². The van der Waals surface area contributed by atoms with Gasteiger partial charge in [0.2, 0.25) is 0 Å². The van der Waals surface area contributed by atoms with Crippen molar-refractivity contribution in [3.63, 3.8) is 0 Å². The number of pyridine rings is 2. The molecule has 126 valence electrons. The van der Waals surface area contributed by atoms with Gasteiger partial charge >= 0.3 is 0 Å². The van der Waals surface area contributed by atoms with Gasteiger partial charge in [-0.1, -0.05) is 6.07 Å². The zero-order chi connectivity index (χ0) is 16.7. The maximum Gasteiger partial charge on any atom is 0.0592 e. The highest BCUT2D eigenvalue weighted by molar-refractivity contribution is 5.29. The number of rotatable bonds is 4. The summed E-state index contributed by atoms with van der Waals surface area (Å²) in [6.07, 6.45) is 4.92. The molecule has 2 aromatic heterocycles. The Morgan fingerprint density at radius 3 is 2.50 bits per heavy atom. The minimum atomic E-state index is 0.491. The van der Waals surface area contributed by atoms with Gasteiger partial charge in [-0.3, -0.25) is 19.8 Å². The minimum absolute atomic E-state index is 0.491. The van der Waals surface area contributed by atoms with E-state index in [9.17, 15) is 0 Å².